The largest absolute Gasteiger partial charge is 0.370 e. The molecule has 0 saturated heterocycles. The maximum Gasteiger partial charge on any atom is 0.0995 e. The normalized spacial score (nSPS) is 21.2. The van der Waals surface area contributed by atoms with E-state index < -0.39 is 0 Å². The smallest absolute Gasteiger partial charge is 0.0995 e. The van der Waals surface area contributed by atoms with Crippen molar-refractivity contribution in [3.63, 3.8) is 0 Å². The molecule has 3 N–H and O–H groups in total. The van der Waals surface area contributed by atoms with Crippen LogP contribution in [0.4, 0.5) is 0 Å². The second-order valence-corrected chi connectivity index (χ2v) is 2.86. The van der Waals surface area contributed by atoms with E-state index in [1.807, 2.05) is 18.6 Å². The Labute approximate surface area is 71.4 Å². The van der Waals surface area contributed by atoms with Crippen LogP contribution in [0.5, 0.6) is 0 Å². The van der Waals surface area contributed by atoms with Gasteiger partial charge in [0.05, 0.1) is 19.0 Å². The molecule has 0 amide bonds. The Morgan fingerprint density at radius 3 is 2.92 bits per heavy atom. The van der Waals surface area contributed by atoms with E-state index in [0.717, 1.165) is 13.0 Å². The zero-order chi connectivity index (χ0) is 8.23. The van der Waals surface area contributed by atoms with Gasteiger partial charge in [-0.15, -0.1) is 0 Å². The maximum absolute atomic E-state index is 4.12. The van der Waals surface area contributed by atoms with Crippen LogP contribution in [0, 0.1) is 0 Å². The molecule has 12 heavy (non-hydrogen) atoms. The molecule has 4 heteroatoms. The van der Waals surface area contributed by atoms with E-state index in [0.29, 0.717) is 6.17 Å². The molecule has 0 fully saturated rings. The standard InChI is InChI=1S/C8H12N4/c1-2-12-8(11-1)3-7-4-9-6-10-5-7/h1-2,4,6,8,11-12H,3,5H2,(H,9,10). The fraction of sp³-hybridized carbons (Fsp3) is 0.375. The summed E-state index contributed by atoms with van der Waals surface area (Å²) in [4.78, 5) is 4.12. The van der Waals surface area contributed by atoms with Crippen molar-refractivity contribution in [3.05, 3.63) is 24.2 Å². The molecule has 2 heterocycles. The molecule has 4 nitrogen and oxygen atoms in total. The van der Waals surface area contributed by atoms with Crippen molar-refractivity contribution in [3.8, 4) is 0 Å². The third kappa shape index (κ3) is 1.58. The zero-order valence-electron chi connectivity index (χ0n) is 6.75. The summed E-state index contributed by atoms with van der Waals surface area (Å²) in [6.07, 6.45) is 8.89. The predicted octanol–water partition coefficient (Wildman–Crippen LogP) is -0.118. The highest BCUT2D eigenvalue weighted by atomic mass is 15.1. The molecule has 64 valence electrons. The number of hydrogen-bond acceptors (Lipinski definition) is 4. The van der Waals surface area contributed by atoms with Gasteiger partial charge in [0.1, 0.15) is 0 Å². The molecule has 0 aromatic heterocycles. The molecule has 0 unspecified atom stereocenters. The second kappa shape index (κ2) is 3.30. The Morgan fingerprint density at radius 2 is 2.25 bits per heavy atom. The number of rotatable bonds is 2. The van der Waals surface area contributed by atoms with Gasteiger partial charge in [0.15, 0.2) is 0 Å². The highest BCUT2D eigenvalue weighted by molar-refractivity contribution is 5.57. The van der Waals surface area contributed by atoms with Crippen LogP contribution < -0.4 is 16.0 Å². The molecule has 2 aliphatic heterocycles. The molecule has 2 rings (SSSR count). The molecule has 0 aromatic carbocycles. The van der Waals surface area contributed by atoms with Crippen molar-refractivity contribution in [2.75, 3.05) is 6.54 Å². The van der Waals surface area contributed by atoms with Gasteiger partial charge in [0.25, 0.3) is 0 Å². The lowest BCUT2D eigenvalue weighted by Gasteiger charge is -2.15. The number of nitrogens with one attached hydrogen (secondary N) is 3. The summed E-state index contributed by atoms with van der Waals surface area (Å²) in [5.41, 5.74) is 1.31. The van der Waals surface area contributed by atoms with Gasteiger partial charge in [0, 0.05) is 25.0 Å². The van der Waals surface area contributed by atoms with E-state index in [1.165, 1.54) is 5.57 Å². The van der Waals surface area contributed by atoms with Gasteiger partial charge in [-0.3, -0.25) is 4.99 Å². The van der Waals surface area contributed by atoms with Gasteiger partial charge in [-0.25, -0.2) is 0 Å². The summed E-state index contributed by atoms with van der Waals surface area (Å²) in [7, 11) is 0. The molecule has 0 spiro atoms. The van der Waals surface area contributed by atoms with Crippen molar-refractivity contribution in [2.45, 2.75) is 12.6 Å². The Morgan fingerprint density at radius 1 is 1.42 bits per heavy atom. The number of hydrogen-bond donors (Lipinski definition) is 3. The van der Waals surface area contributed by atoms with Crippen molar-refractivity contribution in [1.29, 1.82) is 0 Å². The van der Waals surface area contributed by atoms with Crippen LogP contribution in [0.15, 0.2) is 29.2 Å². The van der Waals surface area contributed by atoms with Crippen LogP contribution in [0.1, 0.15) is 6.42 Å². The van der Waals surface area contributed by atoms with Crippen LogP contribution in [0.3, 0.4) is 0 Å². The number of nitrogens with zero attached hydrogens (tertiary/aromatic N) is 1. The summed E-state index contributed by atoms with van der Waals surface area (Å²) in [5, 5.41) is 9.36. The molecule has 0 radical (unpaired) electrons. The van der Waals surface area contributed by atoms with Crippen molar-refractivity contribution in [2.24, 2.45) is 4.99 Å². The summed E-state index contributed by atoms with van der Waals surface area (Å²) in [6.45, 7) is 0.812. The first kappa shape index (κ1) is 7.21. The fourth-order valence-corrected chi connectivity index (χ4v) is 1.30. The minimum atomic E-state index is 0.339. The summed E-state index contributed by atoms with van der Waals surface area (Å²) < 4.78 is 0. The first-order valence-electron chi connectivity index (χ1n) is 4.04. The van der Waals surface area contributed by atoms with E-state index >= 15 is 0 Å². The monoisotopic (exact) mass is 164 g/mol. The first-order chi connectivity index (χ1) is 5.95. The SMILES string of the molecule is C1=CNC(CC2=CNC=NC2)N1. The Balaban J connectivity index is 1.82. The predicted molar refractivity (Wildman–Crippen MR) is 48.4 cm³/mol. The molecular formula is C8H12N4. The van der Waals surface area contributed by atoms with E-state index in [-0.39, 0.29) is 0 Å². The number of aliphatic imine (C=N–C) groups is 1. The minimum Gasteiger partial charge on any atom is -0.370 e. The van der Waals surface area contributed by atoms with E-state index in [4.69, 9.17) is 0 Å². The van der Waals surface area contributed by atoms with Gasteiger partial charge >= 0.3 is 0 Å². The molecule has 0 bridgehead atoms. The topological polar surface area (TPSA) is 48.5 Å². The third-order valence-electron chi connectivity index (χ3n) is 1.89. The van der Waals surface area contributed by atoms with Crippen LogP contribution in [0.2, 0.25) is 0 Å². The minimum absolute atomic E-state index is 0.339. The van der Waals surface area contributed by atoms with Gasteiger partial charge in [-0.05, 0) is 5.57 Å². The lowest BCUT2D eigenvalue weighted by atomic mass is 10.1. The van der Waals surface area contributed by atoms with Gasteiger partial charge in [0.2, 0.25) is 0 Å². The maximum atomic E-state index is 4.12. The van der Waals surface area contributed by atoms with Crippen molar-refractivity contribution in [1.82, 2.24) is 16.0 Å². The van der Waals surface area contributed by atoms with E-state index in [9.17, 15) is 0 Å². The zero-order valence-corrected chi connectivity index (χ0v) is 6.75. The molecule has 0 atom stereocenters. The molecular weight excluding hydrogens is 152 g/mol. The van der Waals surface area contributed by atoms with Crippen LogP contribution in [-0.4, -0.2) is 19.0 Å². The van der Waals surface area contributed by atoms with Crippen LogP contribution in [0.25, 0.3) is 0 Å². The highest BCUT2D eigenvalue weighted by Crippen LogP contribution is 2.07. The third-order valence-corrected chi connectivity index (χ3v) is 1.89. The Kier molecular flexibility index (Phi) is 1.98. The van der Waals surface area contributed by atoms with Gasteiger partial charge in [-0.1, -0.05) is 0 Å². The lowest BCUT2D eigenvalue weighted by molar-refractivity contribution is 0.559. The molecule has 2 aliphatic rings. The van der Waals surface area contributed by atoms with Crippen molar-refractivity contribution < 1.29 is 0 Å². The van der Waals surface area contributed by atoms with Crippen molar-refractivity contribution >= 4 is 6.34 Å². The van der Waals surface area contributed by atoms with Crippen LogP contribution >= 0.6 is 0 Å². The average molecular weight is 164 g/mol. The first-order valence-corrected chi connectivity index (χ1v) is 4.04. The summed E-state index contributed by atoms with van der Waals surface area (Å²) >= 11 is 0. The second-order valence-electron chi connectivity index (χ2n) is 2.86. The van der Waals surface area contributed by atoms with Gasteiger partial charge in [-0.2, -0.15) is 0 Å². The van der Waals surface area contributed by atoms with E-state index in [2.05, 4.69) is 20.9 Å². The van der Waals surface area contributed by atoms with E-state index in [1.54, 1.807) is 6.34 Å². The lowest BCUT2D eigenvalue weighted by Crippen LogP contribution is -2.32. The fourth-order valence-electron chi connectivity index (χ4n) is 1.30. The van der Waals surface area contributed by atoms with Crippen LogP contribution in [-0.2, 0) is 0 Å². The quantitative estimate of drug-likeness (QED) is 0.533. The highest BCUT2D eigenvalue weighted by Gasteiger charge is 2.10. The Bertz CT molecular complexity index is 233. The molecule has 0 saturated carbocycles. The average Bonchev–Trinajstić information content (AvgIpc) is 2.59. The summed E-state index contributed by atoms with van der Waals surface area (Å²) in [6, 6.07) is 0. The molecule has 0 aromatic rings. The summed E-state index contributed by atoms with van der Waals surface area (Å²) in [5.74, 6) is 0. The van der Waals surface area contributed by atoms with Gasteiger partial charge < -0.3 is 16.0 Å². The Hall–Kier alpha value is -1.45. The molecule has 0 aliphatic carbocycles.